The maximum atomic E-state index is 10.5. The second-order valence-electron chi connectivity index (χ2n) is 9.72. The van der Waals surface area contributed by atoms with Crippen LogP contribution < -0.4 is 20.4 Å². The van der Waals surface area contributed by atoms with Gasteiger partial charge >= 0.3 is 0 Å². The largest absolute Gasteiger partial charge is 0.491 e. The second kappa shape index (κ2) is 12.0. The van der Waals surface area contributed by atoms with Gasteiger partial charge in [0, 0.05) is 42.5 Å². The van der Waals surface area contributed by atoms with E-state index in [9.17, 15) is 5.11 Å². The van der Waals surface area contributed by atoms with Gasteiger partial charge in [-0.15, -0.1) is 0 Å². The summed E-state index contributed by atoms with van der Waals surface area (Å²) in [5.41, 5.74) is 4.61. The standard InChI is InChI=1S/C30H36N6O2/c1-19(2)32-21(4)28(37)18-38-24-11-9-10-22(17-24)29-34-26-13-8-7-12-25(26)30(35-29)33-23-14-15-27(20(3)16-23)36(6)31-5/h7-17,19,21,28,32,37H,5,18H2,1-4,6H3,(H,33,34,35). The van der Waals surface area contributed by atoms with Crippen molar-refractivity contribution in [1.29, 1.82) is 0 Å². The third-order valence-corrected chi connectivity index (χ3v) is 6.31. The molecular weight excluding hydrogens is 476 g/mol. The van der Waals surface area contributed by atoms with E-state index in [2.05, 4.69) is 42.4 Å². The summed E-state index contributed by atoms with van der Waals surface area (Å²) >= 11 is 0. The molecule has 0 saturated heterocycles. The van der Waals surface area contributed by atoms with Crippen molar-refractivity contribution in [2.45, 2.75) is 45.9 Å². The van der Waals surface area contributed by atoms with E-state index in [1.807, 2.05) is 81.6 Å². The van der Waals surface area contributed by atoms with E-state index < -0.39 is 6.10 Å². The van der Waals surface area contributed by atoms with Gasteiger partial charge in [0.2, 0.25) is 0 Å². The van der Waals surface area contributed by atoms with Crippen molar-refractivity contribution in [2.24, 2.45) is 5.10 Å². The summed E-state index contributed by atoms with van der Waals surface area (Å²) in [7, 11) is 1.87. The van der Waals surface area contributed by atoms with Gasteiger partial charge in [0.25, 0.3) is 0 Å². The lowest BCUT2D eigenvalue weighted by molar-refractivity contribution is 0.0759. The summed E-state index contributed by atoms with van der Waals surface area (Å²) in [6.07, 6.45) is -0.634. The summed E-state index contributed by atoms with van der Waals surface area (Å²) < 4.78 is 5.92. The van der Waals surface area contributed by atoms with E-state index in [1.165, 1.54) is 0 Å². The normalized spacial score (nSPS) is 12.8. The van der Waals surface area contributed by atoms with Gasteiger partial charge in [0.05, 0.1) is 11.2 Å². The van der Waals surface area contributed by atoms with E-state index in [-0.39, 0.29) is 18.7 Å². The van der Waals surface area contributed by atoms with Crippen LogP contribution in [0.1, 0.15) is 26.3 Å². The summed E-state index contributed by atoms with van der Waals surface area (Å²) in [6.45, 7) is 11.9. The molecule has 3 aromatic carbocycles. The zero-order chi connectivity index (χ0) is 27.2. The van der Waals surface area contributed by atoms with Crippen LogP contribution in [0, 0.1) is 6.92 Å². The highest BCUT2D eigenvalue weighted by molar-refractivity contribution is 5.92. The monoisotopic (exact) mass is 512 g/mol. The number of aryl methyl sites for hydroxylation is 1. The van der Waals surface area contributed by atoms with Gasteiger partial charge in [0.1, 0.15) is 24.3 Å². The lowest BCUT2D eigenvalue weighted by Gasteiger charge is -2.22. The number of nitrogens with one attached hydrogen (secondary N) is 2. The molecule has 4 rings (SSSR count). The van der Waals surface area contributed by atoms with Crippen LogP contribution in [0.2, 0.25) is 0 Å². The molecule has 0 fully saturated rings. The van der Waals surface area contributed by atoms with Crippen molar-refractivity contribution in [3.05, 3.63) is 72.3 Å². The molecule has 0 bridgehead atoms. The number of aliphatic hydroxyl groups excluding tert-OH is 1. The van der Waals surface area contributed by atoms with Crippen molar-refractivity contribution < 1.29 is 9.84 Å². The molecule has 0 radical (unpaired) electrons. The molecule has 38 heavy (non-hydrogen) atoms. The Morgan fingerprint density at radius 3 is 2.55 bits per heavy atom. The molecular formula is C30H36N6O2. The van der Waals surface area contributed by atoms with Gasteiger partial charge in [-0.2, -0.15) is 5.10 Å². The number of aromatic nitrogens is 2. The third-order valence-electron chi connectivity index (χ3n) is 6.31. The maximum absolute atomic E-state index is 10.5. The number of para-hydroxylation sites is 1. The van der Waals surface area contributed by atoms with E-state index in [0.29, 0.717) is 17.4 Å². The molecule has 0 amide bonds. The first kappa shape index (κ1) is 27.0. The Labute approximate surface area is 224 Å². The van der Waals surface area contributed by atoms with E-state index in [1.54, 1.807) is 5.01 Å². The van der Waals surface area contributed by atoms with Crippen LogP contribution in [-0.2, 0) is 0 Å². The van der Waals surface area contributed by atoms with Crippen LogP contribution in [0.3, 0.4) is 0 Å². The fraction of sp³-hybridized carbons (Fsp3) is 0.300. The van der Waals surface area contributed by atoms with Gasteiger partial charge < -0.3 is 20.5 Å². The fourth-order valence-corrected chi connectivity index (χ4v) is 4.30. The second-order valence-corrected chi connectivity index (χ2v) is 9.72. The molecule has 198 valence electrons. The maximum Gasteiger partial charge on any atom is 0.162 e. The van der Waals surface area contributed by atoms with Crippen LogP contribution in [0.5, 0.6) is 5.75 Å². The Morgan fingerprint density at radius 1 is 1.03 bits per heavy atom. The van der Waals surface area contributed by atoms with Crippen LogP contribution in [0.25, 0.3) is 22.3 Å². The Morgan fingerprint density at radius 2 is 1.82 bits per heavy atom. The van der Waals surface area contributed by atoms with Crippen molar-refractivity contribution in [3.63, 3.8) is 0 Å². The first-order valence-electron chi connectivity index (χ1n) is 12.8. The van der Waals surface area contributed by atoms with Crippen molar-refractivity contribution in [2.75, 3.05) is 24.0 Å². The number of nitrogens with zero attached hydrogens (tertiary/aromatic N) is 4. The highest BCUT2D eigenvalue weighted by Gasteiger charge is 2.16. The summed E-state index contributed by atoms with van der Waals surface area (Å²) in [6, 6.07) is 21.8. The Hall–Kier alpha value is -4.01. The molecule has 0 aliphatic heterocycles. The highest BCUT2D eigenvalue weighted by atomic mass is 16.5. The molecule has 1 heterocycles. The topological polar surface area (TPSA) is 94.9 Å². The number of hydrogen-bond donors (Lipinski definition) is 3. The lowest BCUT2D eigenvalue weighted by atomic mass is 10.1. The molecule has 3 N–H and O–H groups in total. The average Bonchev–Trinajstić information content (AvgIpc) is 2.91. The van der Waals surface area contributed by atoms with E-state index in [0.717, 1.165) is 33.4 Å². The number of hydrazone groups is 1. The molecule has 0 spiro atoms. The summed E-state index contributed by atoms with van der Waals surface area (Å²) in [5, 5.41) is 23.9. The smallest absolute Gasteiger partial charge is 0.162 e. The third kappa shape index (κ3) is 6.45. The first-order valence-corrected chi connectivity index (χ1v) is 12.8. The average molecular weight is 513 g/mol. The van der Waals surface area contributed by atoms with E-state index >= 15 is 0 Å². The first-order chi connectivity index (χ1) is 18.2. The minimum Gasteiger partial charge on any atom is -0.491 e. The van der Waals surface area contributed by atoms with Crippen LogP contribution in [0.15, 0.2) is 71.8 Å². The zero-order valence-electron chi connectivity index (χ0n) is 22.6. The van der Waals surface area contributed by atoms with Crippen LogP contribution in [0.4, 0.5) is 17.2 Å². The van der Waals surface area contributed by atoms with Gasteiger partial charge in [-0.3, -0.25) is 5.01 Å². The number of fused-ring (bicyclic) bond motifs is 1. The molecule has 1 aromatic heterocycles. The fourth-order valence-electron chi connectivity index (χ4n) is 4.30. The van der Waals surface area contributed by atoms with E-state index in [4.69, 9.17) is 14.7 Å². The Bertz CT molecular complexity index is 1410. The molecule has 8 nitrogen and oxygen atoms in total. The van der Waals surface area contributed by atoms with Crippen molar-refractivity contribution >= 4 is 34.8 Å². The lowest BCUT2D eigenvalue weighted by Crippen LogP contribution is -2.43. The van der Waals surface area contributed by atoms with Crippen molar-refractivity contribution in [1.82, 2.24) is 15.3 Å². The molecule has 0 aliphatic carbocycles. The molecule has 4 aromatic rings. The Balaban J connectivity index is 1.61. The SMILES string of the molecule is C=NN(C)c1ccc(Nc2nc(-c3cccc(OCC(O)C(C)NC(C)C)c3)nc3ccccc23)cc1C. The predicted molar refractivity (Wildman–Crippen MR) is 157 cm³/mol. The Kier molecular flexibility index (Phi) is 8.55. The van der Waals surface area contributed by atoms with Crippen molar-refractivity contribution in [3.8, 4) is 17.1 Å². The van der Waals surface area contributed by atoms with Gasteiger partial charge in [-0.1, -0.05) is 38.1 Å². The quantitative estimate of drug-likeness (QED) is 0.180. The minimum absolute atomic E-state index is 0.0817. The van der Waals surface area contributed by atoms with Crippen LogP contribution >= 0.6 is 0 Å². The molecule has 0 saturated carbocycles. The summed E-state index contributed by atoms with van der Waals surface area (Å²) in [4.78, 5) is 9.71. The molecule has 8 heteroatoms. The van der Waals surface area contributed by atoms with Gasteiger partial charge in [-0.25, -0.2) is 9.97 Å². The van der Waals surface area contributed by atoms with Gasteiger partial charge in [0.15, 0.2) is 5.82 Å². The number of benzene rings is 3. The molecule has 0 aliphatic rings. The molecule has 2 unspecified atom stereocenters. The highest BCUT2D eigenvalue weighted by Crippen LogP contribution is 2.30. The number of rotatable bonds is 11. The number of anilines is 3. The minimum atomic E-state index is -0.634. The van der Waals surface area contributed by atoms with Crippen LogP contribution in [-0.4, -0.2) is 53.6 Å². The number of ether oxygens (including phenoxy) is 1. The predicted octanol–water partition coefficient (Wildman–Crippen LogP) is 5.53. The zero-order valence-corrected chi connectivity index (χ0v) is 22.6. The van der Waals surface area contributed by atoms with Gasteiger partial charge in [-0.05, 0) is 61.9 Å². The summed E-state index contributed by atoms with van der Waals surface area (Å²) in [5.74, 6) is 1.94. The molecule has 2 atom stereocenters. The number of hydrogen-bond acceptors (Lipinski definition) is 8. The number of aliphatic hydroxyl groups is 1.